The molecule has 0 spiro atoms. The van der Waals surface area contributed by atoms with Gasteiger partial charge in [-0.1, -0.05) is 24.3 Å². The van der Waals surface area contributed by atoms with Crippen LogP contribution in [0.5, 0.6) is 11.5 Å². The second-order valence-electron chi connectivity index (χ2n) is 4.12. The Morgan fingerprint density at radius 1 is 1.00 bits per heavy atom. The molecule has 0 heterocycles. The molecule has 3 heteroatoms. The lowest BCUT2D eigenvalue weighted by Gasteiger charge is -2.10. The highest BCUT2D eigenvalue weighted by atomic mass is 16.5. The van der Waals surface area contributed by atoms with Gasteiger partial charge in [0.25, 0.3) is 0 Å². The van der Waals surface area contributed by atoms with Crippen LogP contribution in [0, 0.1) is 18.3 Å². The number of hydrogen-bond acceptors (Lipinski definition) is 3. The summed E-state index contributed by atoms with van der Waals surface area (Å²) < 4.78 is 11.1. The lowest BCUT2D eigenvalue weighted by molar-refractivity contribution is 0.216. The topological polar surface area (TPSA) is 42.2 Å². The first-order chi connectivity index (χ1) is 9.29. The Kier molecular flexibility index (Phi) is 4.41. The van der Waals surface area contributed by atoms with E-state index >= 15 is 0 Å². The van der Waals surface area contributed by atoms with Crippen LogP contribution >= 0.6 is 0 Å². The number of para-hydroxylation sites is 1. The molecule has 0 N–H and O–H groups in total. The minimum Gasteiger partial charge on any atom is -0.490 e. The zero-order valence-electron chi connectivity index (χ0n) is 10.8. The maximum atomic E-state index is 8.98. The quantitative estimate of drug-likeness (QED) is 0.767. The maximum Gasteiger partial charge on any atom is 0.137 e. The molecule has 0 aromatic heterocycles. The minimum absolute atomic E-state index is 0.410. The van der Waals surface area contributed by atoms with Crippen molar-refractivity contribution in [2.45, 2.75) is 6.92 Å². The average Bonchev–Trinajstić information content (AvgIpc) is 2.45. The summed E-state index contributed by atoms with van der Waals surface area (Å²) in [7, 11) is 0. The molecule has 2 aromatic rings. The Balaban J connectivity index is 1.86. The van der Waals surface area contributed by atoms with Crippen LogP contribution in [0.3, 0.4) is 0 Å². The van der Waals surface area contributed by atoms with Crippen molar-refractivity contribution in [3.8, 4) is 17.6 Å². The number of ether oxygens (including phenoxy) is 2. The molecule has 0 radical (unpaired) electrons. The van der Waals surface area contributed by atoms with E-state index in [1.807, 2.05) is 49.4 Å². The molecule has 0 aliphatic heterocycles. The van der Waals surface area contributed by atoms with Gasteiger partial charge in [0.1, 0.15) is 30.8 Å². The fraction of sp³-hybridized carbons (Fsp3) is 0.188. The first kappa shape index (κ1) is 13.0. The molecule has 2 aromatic carbocycles. The first-order valence-corrected chi connectivity index (χ1v) is 6.11. The van der Waals surface area contributed by atoms with Gasteiger partial charge in [0.05, 0.1) is 5.56 Å². The SMILES string of the molecule is Cc1ccc(C#N)c(OCCOc2ccccc2)c1. The molecule has 0 unspecified atom stereocenters. The summed E-state index contributed by atoms with van der Waals surface area (Å²) in [5.41, 5.74) is 1.61. The molecule has 0 atom stereocenters. The zero-order chi connectivity index (χ0) is 13.5. The molecule has 19 heavy (non-hydrogen) atoms. The Morgan fingerprint density at radius 3 is 2.47 bits per heavy atom. The summed E-state index contributed by atoms with van der Waals surface area (Å²) in [5.74, 6) is 1.43. The molecule has 3 nitrogen and oxygen atoms in total. The van der Waals surface area contributed by atoms with E-state index in [0.29, 0.717) is 24.5 Å². The van der Waals surface area contributed by atoms with E-state index in [9.17, 15) is 0 Å². The monoisotopic (exact) mass is 253 g/mol. The van der Waals surface area contributed by atoms with Gasteiger partial charge in [-0.05, 0) is 36.8 Å². The van der Waals surface area contributed by atoms with Crippen LogP contribution in [0.4, 0.5) is 0 Å². The van der Waals surface area contributed by atoms with E-state index in [1.165, 1.54) is 0 Å². The summed E-state index contributed by atoms with van der Waals surface area (Å²) in [6.07, 6.45) is 0. The van der Waals surface area contributed by atoms with Crippen LogP contribution in [0.1, 0.15) is 11.1 Å². The third-order valence-electron chi connectivity index (χ3n) is 2.61. The van der Waals surface area contributed by atoms with E-state index in [2.05, 4.69) is 6.07 Å². The van der Waals surface area contributed by atoms with E-state index in [4.69, 9.17) is 14.7 Å². The summed E-state index contributed by atoms with van der Waals surface area (Å²) in [6.45, 7) is 2.82. The van der Waals surface area contributed by atoms with Gasteiger partial charge in [-0.3, -0.25) is 0 Å². The van der Waals surface area contributed by atoms with Crippen LogP contribution in [0.15, 0.2) is 48.5 Å². The van der Waals surface area contributed by atoms with Crippen molar-refractivity contribution in [3.05, 3.63) is 59.7 Å². The van der Waals surface area contributed by atoms with Crippen molar-refractivity contribution in [2.24, 2.45) is 0 Å². The number of hydrogen-bond donors (Lipinski definition) is 0. The lowest BCUT2D eigenvalue weighted by Crippen LogP contribution is -2.09. The number of benzene rings is 2. The lowest BCUT2D eigenvalue weighted by atomic mass is 10.1. The third-order valence-corrected chi connectivity index (χ3v) is 2.61. The van der Waals surface area contributed by atoms with Gasteiger partial charge >= 0.3 is 0 Å². The molecule has 0 aliphatic carbocycles. The van der Waals surface area contributed by atoms with Crippen LogP contribution < -0.4 is 9.47 Å². The van der Waals surface area contributed by atoms with Gasteiger partial charge in [-0.25, -0.2) is 0 Å². The van der Waals surface area contributed by atoms with Gasteiger partial charge in [0, 0.05) is 0 Å². The molecule has 96 valence electrons. The largest absolute Gasteiger partial charge is 0.490 e. The highest BCUT2D eigenvalue weighted by Crippen LogP contribution is 2.19. The van der Waals surface area contributed by atoms with Gasteiger partial charge < -0.3 is 9.47 Å². The zero-order valence-corrected chi connectivity index (χ0v) is 10.8. The standard InChI is InChI=1S/C16H15NO2/c1-13-7-8-14(12-17)16(11-13)19-10-9-18-15-5-3-2-4-6-15/h2-8,11H,9-10H2,1H3. The molecule has 2 rings (SSSR count). The average molecular weight is 253 g/mol. The summed E-state index contributed by atoms with van der Waals surface area (Å²) in [4.78, 5) is 0. The van der Waals surface area contributed by atoms with Crippen molar-refractivity contribution in [1.29, 1.82) is 5.26 Å². The first-order valence-electron chi connectivity index (χ1n) is 6.11. The van der Waals surface area contributed by atoms with E-state index in [-0.39, 0.29) is 0 Å². The van der Waals surface area contributed by atoms with Crippen molar-refractivity contribution < 1.29 is 9.47 Å². The summed E-state index contributed by atoms with van der Waals surface area (Å²) in [5, 5.41) is 8.98. The van der Waals surface area contributed by atoms with E-state index in [1.54, 1.807) is 6.07 Å². The van der Waals surface area contributed by atoms with E-state index in [0.717, 1.165) is 11.3 Å². The number of nitriles is 1. The molecule has 0 fully saturated rings. The Morgan fingerprint density at radius 2 is 1.74 bits per heavy atom. The summed E-state index contributed by atoms with van der Waals surface area (Å²) >= 11 is 0. The molecule has 0 saturated heterocycles. The van der Waals surface area contributed by atoms with Crippen molar-refractivity contribution in [1.82, 2.24) is 0 Å². The van der Waals surface area contributed by atoms with Crippen molar-refractivity contribution in [2.75, 3.05) is 13.2 Å². The smallest absolute Gasteiger partial charge is 0.137 e. The van der Waals surface area contributed by atoms with Gasteiger partial charge in [-0.2, -0.15) is 5.26 Å². The van der Waals surface area contributed by atoms with Gasteiger partial charge in [-0.15, -0.1) is 0 Å². The third kappa shape index (κ3) is 3.75. The molecule has 0 amide bonds. The molecular formula is C16H15NO2. The molecule has 0 saturated carbocycles. The molecule has 0 aliphatic rings. The normalized spacial score (nSPS) is 9.68. The predicted molar refractivity (Wildman–Crippen MR) is 73.3 cm³/mol. The highest BCUT2D eigenvalue weighted by molar-refractivity contribution is 5.44. The predicted octanol–water partition coefficient (Wildman–Crippen LogP) is 3.32. The van der Waals surface area contributed by atoms with Gasteiger partial charge in [0.2, 0.25) is 0 Å². The maximum absolute atomic E-state index is 8.98. The Hall–Kier alpha value is -2.47. The molecular weight excluding hydrogens is 238 g/mol. The summed E-state index contributed by atoms with van der Waals surface area (Å²) in [6, 6.07) is 17.2. The van der Waals surface area contributed by atoms with Crippen LogP contribution in [0.25, 0.3) is 0 Å². The second-order valence-corrected chi connectivity index (χ2v) is 4.12. The fourth-order valence-electron chi connectivity index (χ4n) is 1.67. The molecule has 0 bridgehead atoms. The van der Waals surface area contributed by atoms with Crippen molar-refractivity contribution in [3.63, 3.8) is 0 Å². The van der Waals surface area contributed by atoms with Crippen molar-refractivity contribution >= 4 is 0 Å². The Bertz CT molecular complexity index is 573. The number of aryl methyl sites for hydroxylation is 1. The van der Waals surface area contributed by atoms with E-state index < -0.39 is 0 Å². The van der Waals surface area contributed by atoms with Crippen LogP contribution in [0.2, 0.25) is 0 Å². The second kappa shape index (κ2) is 6.46. The van der Waals surface area contributed by atoms with Crippen LogP contribution in [-0.2, 0) is 0 Å². The van der Waals surface area contributed by atoms with Crippen LogP contribution in [-0.4, -0.2) is 13.2 Å². The minimum atomic E-state index is 0.410. The van der Waals surface area contributed by atoms with Gasteiger partial charge in [0.15, 0.2) is 0 Å². The fourth-order valence-corrected chi connectivity index (χ4v) is 1.67. The number of rotatable bonds is 5. The Labute approximate surface area is 113 Å². The highest BCUT2D eigenvalue weighted by Gasteiger charge is 2.03. The number of nitrogens with zero attached hydrogens (tertiary/aromatic N) is 1.